The molecule has 2 aromatic heterocycles. The summed E-state index contributed by atoms with van der Waals surface area (Å²) >= 11 is 0. The van der Waals surface area contributed by atoms with Gasteiger partial charge in [-0.05, 0) is 24.3 Å². The molecule has 0 radical (unpaired) electrons. The highest BCUT2D eigenvalue weighted by Crippen LogP contribution is 2.29. The molecule has 4 nitrogen and oxygen atoms in total. The molecule has 0 bridgehead atoms. The minimum atomic E-state index is 0.0697. The summed E-state index contributed by atoms with van der Waals surface area (Å²) < 4.78 is 7.63. The molecule has 4 heteroatoms. The van der Waals surface area contributed by atoms with Gasteiger partial charge in [0.25, 0.3) is 0 Å². The number of ether oxygens (including phenoxy) is 1. The van der Waals surface area contributed by atoms with Gasteiger partial charge in [-0.25, -0.2) is 4.98 Å². The summed E-state index contributed by atoms with van der Waals surface area (Å²) in [5.41, 5.74) is 1.64. The van der Waals surface area contributed by atoms with Gasteiger partial charge in [0.15, 0.2) is 5.43 Å². The van der Waals surface area contributed by atoms with Crippen LogP contribution in [-0.4, -0.2) is 16.2 Å². The summed E-state index contributed by atoms with van der Waals surface area (Å²) in [5, 5.41) is 0.711. The van der Waals surface area contributed by atoms with Crippen LogP contribution in [0, 0.1) is 0 Å². The van der Waals surface area contributed by atoms with Crippen LogP contribution in [-0.2, 0) is 6.42 Å². The van der Waals surface area contributed by atoms with Crippen molar-refractivity contribution in [1.29, 1.82) is 0 Å². The van der Waals surface area contributed by atoms with Gasteiger partial charge in [0, 0.05) is 18.0 Å². The molecule has 20 heavy (non-hydrogen) atoms. The van der Waals surface area contributed by atoms with E-state index in [4.69, 9.17) is 4.74 Å². The number of pyridine rings is 2. The monoisotopic (exact) mass is 264 g/mol. The zero-order valence-electron chi connectivity index (χ0n) is 10.7. The molecule has 0 atom stereocenters. The molecule has 0 saturated carbocycles. The second-order valence-corrected chi connectivity index (χ2v) is 4.75. The number of hydrogen-bond donors (Lipinski definition) is 0. The number of rotatable bonds is 1. The van der Waals surface area contributed by atoms with E-state index in [9.17, 15) is 4.79 Å². The van der Waals surface area contributed by atoms with Crippen LogP contribution >= 0.6 is 0 Å². The Morgan fingerprint density at radius 1 is 1.10 bits per heavy atom. The molecule has 1 aliphatic heterocycles. The van der Waals surface area contributed by atoms with E-state index in [0.29, 0.717) is 24.3 Å². The molecule has 0 aliphatic carbocycles. The quantitative estimate of drug-likeness (QED) is 0.677. The largest absolute Gasteiger partial charge is 0.478 e. The van der Waals surface area contributed by atoms with Gasteiger partial charge in [-0.1, -0.05) is 18.2 Å². The van der Waals surface area contributed by atoms with Gasteiger partial charge in [0.2, 0.25) is 5.88 Å². The maximum Gasteiger partial charge on any atom is 0.207 e. The molecule has 3 heterocycles. The maximum absolute atomic E-state index is 12.5. The first kappa shape index (κ1) is 11.2. The number of nitrogens with zero attached hydrogens (tertiary/aromatic N) is 2. The number of para-hydroxylation sites is 1. The highest BCUT2D eigenvalue weighted by molar-refractivity contribution is 5.82. The van der Waals surface area contributed by atoms with Gasteiger partial charge < -0.3 is 4.74 Å². The molecule has 0 amide bonds. The van der Waals surface area contributed by atoms with Crippen LogP contribution < -0.4 is 10.2 Å². The maximum atomic E-state index is 12.5. The highest BCUT2D eigenvalue weighted by atomic mass is 16.5. The van der Waals surface area contributed by atoms with Crippen LogP contribution in [0.4, 0.5) is 0 Å². The third-order valence-electron chi connectivity index (χ3n) is 3.59. The molecule has 98 valence electrons. The van der Waals surface area contributed by atoms with E-state index in [1.807, 2.05) is 47.0 Å². The van der Waals surface area contributed by atoms with Crippen LogP contribution in [0.3, 0.4) is 0 Å². The van der Waals surface area contributed by atoms with E-state index in [1.54, 1.807) is 6.20 Å². The first-order valence-corrected chi connectivity index (χ1v) is 6.57. The van der Waals surface area contributed by atoms with E-state index in [1.165, 1.54) is 0 Å². The summed E-state index contributed by atoms with van der Waals surface area (Å²) in [7, 11) is 0. The Labute approximate surface area is 115 Å². The third-order valence-corrected chi connectivity index (χ3v) is 3.59. The summed E-state index contributed by atoms with van der Waals surface area (Å²) in [6, 6.07) is 13.3. The first-order chi connectivity index (χ1) is 9.86. The molecule has 0 unspecified atom stereocenters. The van der Waals surface area contributed by atoms with Gasteiger partial charge >= 0.3 is 0 Å². The van der Waals surface area contributed by atoms with E-state index in [-0.39, 0.29) is 5.43 Å². The number of benzene rings is 1. The second kappa shape index (κ2) is 4.20. The standard InChI is InChI=1S/C16H12N2O2/c19-15-11-5-1-2-6-13(11)18(14-7-3-4-9-17-14)16-12(15)8-10-20-16/h1-7,9H,8,10H2. The van der Waals surface area contributed by atoms with Crippen LogP contribution in [0.15, 0.2) is 53.5 Å². The fourth-order valence-corrected chi connectivity index (χ4v) is 2.70. The van der Waals surface area contributed by atoms with Crippen molar-refractivity contribution >= 4 is 10.9 Å². The Morgan fingerprint density at radius 2 is 1.95 bits per heavy atom. The average Bonchev–Trinajstić information content (AvgIpc) is 2.98. The van der Waals surface area contributed by atoms with Crippen molar-refractivity contribution in [2.24, 2.45) is 0 Å². The molecule has 3 aromatic rings. The Kier molecular flexibility index (Phi) is 2.36. The fraction of sp³-hybridized carbons (Fsp3) is 0.125. The topological polar surface area (TPSA) is 44.1 Å². The van der Waals surface area contributed by atoms with Crippen molar-refractivity contribution in [2.75, 3.05) is 6.61 Å². The molecular formula is C16H12N2O2. The summed E-state index contributed by atoms with van der Waals surface area (Å²) in [6.45, 7) is 0.549. The lowest BCUT2D eigenvalue weighted by atomic mass is 10.1. The fourth-order valence-electron chi connectivity index (χ4n) is 2.70. The Balaban J connectivity index is 2.20. The Hall–Kier alpha value is -2.62. The predicted octanol–water partition coefficient (Wildman–Crippen LogP) is 2.32. The van der Waals surface area contributed by atoms with Gasteiger partial charge in [-0.3, -0.25) is 9.36 Å². The highest BCUT2D eigenvalue weighted by Gasteiger charge is 2.23. The van der Waals surface area contributed by atoms with Crippen molar-refractivity contribution in [3.05, 3.63) is 64.4 Å². The van der Waals surface area contributed by atoms with Crippen molar-refractivity contribution in [3.63, 3.8) is 0 Å². The molecule has 0 fully saturated rings. The van der Waals surface area contributed by atoms with Gasteiger partial charge in [0.05, 0.1) is 17.7 Å². The minimum absolute atomic E-state index is 0.0697. The SMILES string of the molecule is O=c1c2c(n(-c3ccccn3)c3ccccc13)OCC2. The van der Waals surface area contributed by atoms with Crippen molar-refractivity contribution in [2.45, 2.75) is 6.42 Å². The molecule has 4 rings (SSSR count). The number of hydrogen-bond acceptors (Lipinski definition) is 3. The molecule has 0 spiro atoms. The van der Waals surface area contributed by atoms with Crippen molar-refractivity contribution < 1.29 is 4.74 Å². The van der Waals surface area contributed by atoms with E-state index >= 15 is 0 Å². The molecule has 0 N–H and O–H groups in total. The molecule has 1 aliphatic rings. The summed E-state index contributed by atoms with van der Waals surface area (Å²) in [6.07, 6.45) is 2.40. The number of aromatic nitrogens is 2. The first-order valence-electron chi connectivity index (χ1n) is 6.57. The summed E-state index contributed by atoms with van der Waals surface area (Å²) in [4.78, 5) is 16.9. The van der Waals surface area contributed by atoms with Gasteiger partial charge in [-0.2, -0.15) is 0 Å². The lowest BCUT2D eigenvalue weighted by Gasteiger charge is -2.14. The molecule has 0 saturated heterocycles. The van der Waals surface area contributed by atoms with Crippen LogP contribution in [0.25, 0.3) is 16.7 Å². The third kappa shape index (κ3) is 1.48. The van der Waals surface area contributed by atoms with Crippen molar-refractivity contribution in [3.8, 4) is 11.7 Å². The molecule has 1 aromatic carbocycles. The normalized spacial score (nSPS) is 13.2. The van der Waals surface area contributed by atoms with Crippen LogP contribution in [0.1, 0.15) is 5.56 Å². The van der Waals surface area contributed by atoms with E-state index < -0.39 is 0 Å². The Bertz CT molecular complexity index is 853. The predicted molar refractivity (Wildman–Crippen MR) is 76.5 cm³/mol. The minimum Gasteiger partial charge on any atom is -0.478 e. The van der Waals surface area contributed by atoms with Crippen LogP contribution in [0.5, 0.6) is 5.88 Å². The zero-order valence-corrected chi connectivity index (χ0v) is 10.7. The van der Waals surface area contributed by atoms with E-state index in [2.05, 4.69) is 4.98 Å². The number of fused-ring (bicyclic) bond motifs is 2. The van der Waals surface area contributed by atoms with Gasteiger partial charge in [0.1, 0.15) is 5.82 Å². The smallest absolute Gasteiger partial charge is 0.207 e. The van der Waals surface area contributed by atoms with E-state index in [0.717, 1.165) is 16.9 Å². The average molecular weight is 264 g/mol. The Morgan fingerprint density at radius 3 is 2.80 bits per heavy atom. The lowest BCUT2D eigenvalue weighted by molar-refractivity contribution is 0.338. The lowest BCUT2D eigenvalue weighted by Crippen LogP contribution is -2.13. The summed E-state index contributed by atoms with van der Waals surface area (Å²) in [5.74, 6) is 1.40. The second-order valence-electron chi connectivity index (χ2n) is 4.75. The molecular weight excluding hydrogens is 252 g/mol. The zero-order chi connectivity index (χ0) is 13.5. The van der Waals surface area contributed by atoms with Gasteiger partial charge in [-0.15, -0.1) is 0 Å². The van der Waals surface area contributed by atoms with Crippen molar-refractivity contribution in [1.82, 2.24) is 9.55 Å². The van der Waals surface area contributed by atoms with Crippen LogP contribution in [0.2, 0.25) is 0 Å².